The Morgan fingerprint density at radius 1 is 1.19 bits per heavy atom. The van der Waals surface area contributed by atoms with Crippen LogP contribution in [0.3, 0.4) is 0 Å². The van der Waals surface area contributed by atoms with Gasteiger partial charge in [-0.25, -0.2) is 0 Å². The lowest BCUT2D eigenvalue weighted by molar-refractivity contribution is -0.125. The molecule has 1 aromatic rings. The molecule has 0 spiro atoms. The number of carbonyl (C=O) groups excluding carboxylic acids is 1. The summed E-state index contributed by atoms with van der Waals surface area (Å²) in [7, 11) is -0.832. The van der Waals surface area contributed by atoms with Gasteiger partial charge in [0, 0.05) is 26.6 Å². The molecule has 1 aromatic carbocycles. The van der Waals surface area contributed by atoms with Crippen LogP contribution in [0.1, 0.15) is 18.9 Å². The second-order valence-electron chi connectivity index (χ2n) is 6.56. The van der Waals surface area contributed by atoms with E-state index in [9.17, 15) is 9.36 Å². The highest BCUT2D eigenvalue weighted by Crippen LogP contribution is 2.47. The zero-order valence-corrected chi connectivity index (χ0v) is 17.1. The number of ketones is 1. The van der Waals surface area contributed by atoms with Crippen LogP contribution in [0.25, 0.3) is 0 Å². The van der Waals surface area contributed by atoms with Crippen molar-refractivity contribution in [2.75, 3.05) is 40.2 Å². The number of hydrogen-bond acceptors (Lipinski definition) is 7. The van der Waals surface area contributed by atoms with Gasteiger partial charge in [-0.3, -0.25) is 9.36 Å². The van der Waals surface area contributed by atoms with Crippen molar-refractivity contribution in [1.29, 1.82) is 0 Å². The zero-order chi connectivity index (χ0) is 19.7. The molecule has 0 radical (unpaired) electrons. The van der Waals surface area contributed by atoms with Gasteiger partial charge >= 0.3 is 7.60 Å². The largest absolute Gasteiger partial charge is 0.376 e. The first-order valence-corrected chi connectivity index (χ1v) is 10.8. The van der Waals surface area contributed by atoms with E-state index in [4.69, 9.17) is 23.3 Å². The molecule has 27 heavy (non-hydrogen) atoms. The van der Waals surface area contributed by atoms with Gasteiger partial charge in [0.25, 0.3) is 0 Å². The molecule has 7 nitrogen and oxygen atoms in total. The van der Waals surface area contributed by atoms with E-state index < -0.39 is 13.5 Å². The molecular formula is C19H29O7P. The number of ether oxygens (including phenoxy) is 3. The number of carbonyl (C=O) groups is 1. The molecule has 2 rings (SSSR count). The van der Waals surface area contributed by atoms with Crippen LogP contribution in [0.5, 0.6) is 0 Å². The van der Waals surface area contributed by atoms with E-state index in [2.05, 4.69) is 0 Å². The van der Waals surface area contributed by atoms with Gasteiger partial charge in [0.15, 0.2) is 6.29 Å². The maximum Gasteiger partial charge on any atom is 0.337 e. The van der Waals surface area contributed by atoms with Gasteiger partial charge in [-0.15, -0.1) is 0 Å². The molecule has 2 atom stereocenters. The summed E-state index contributed by atoms with van der Waals surface area (Å²) < 4.78 is 39.0. The Bertz CT molecular complexity index is 608. The summed E-state index contributed by atoms with van der Waals surface area (Å²) >= 11 is 0. The first-order valence-electron chi connectivity index (χ1n) is 9.05. The molecule has 0 amide bonds. The van der Waals surface area contributed by atoms with Crippen molar-refractivity contribution in [2.24, 2.45) is 11.8 Å². The van der Waals surface area contributed by atoms with Crippen LogP contribution in [0, 0.1) is 11.8 Å². The lowest BCUT2D eigenvalue weighted by Gasteiger charge is -2.26. The Kier molecular flexibility index (Phi) is 9.09. The summed E-state index contributed by atoms with van der Waals surface area (Å²) in [5.41, 5.74) is 1.06. The minimum absolute atomic E-state index is 0.133. The maximum atomic E-state index is 12.7. The average Bonchev–Trinajstić information content (AvgIpc) is 3.20. The smallest absolute Gasteiger partial charge is 0.337 e. The van der Waals surface area contributed by atoms with Crippen LogP contribution in [-0.2, 0) is 39.2 Å². The molecule has 1 fully saturated rings. The average molecular weight is 400 g/mol. The summed E-state index contributed by atoms with van der Waals surface area (Å²) in [5, 5.41) is 0. The fraction of sp³-hybridized carbons (Fsp3) is 0.632. The molecular weight excluding hydrogens is 371 g/mol. The van der Waals surface area contributed by atoms with Gasteiger partial charge in [-0.1, -0.05) is 37.3 Å². The Hall–Kier alpha value is -1.08. The number of hydrogen-bond donors (Lipinski definition) is 0. The minimum Gasteiger partial charge on any atom is -0.376 e. The van der Waals surface area contributed by atoms with Crippen LogP contribution < -0.4 is 0 Å². The van der Waals surface area contributed by atoms with Gasteiger partial charge in [0.1, 0.15) is 11.9 Å². The van der Waals surface area contributed by atoms with Gasteiger partial charge < -0.3 is 23.3 Å². The Morgan fingerprint density at radius 2 is 1.81 bits per heavy atom. The fourth-order valence-corrected chi connectivity index (χ4v) is 3.99. The first kappa shape index (κ1) is 22.2. The van der Waals surface area contributed by atoms with Crippen molar-refractivity contribution in [3.05, 3.63) is 35.9 Å². The maximum absolute atomic E-state index is 12.7. The summed E-state index contributed by atoms with van der Waals surface area (Å²) in [6.45, 7) is 3.73. The van der Waals surface area contributed by atoms with Crippen molar-refractivity contribution < 1.29 is 32.6 Å². The molecule has 0 bridgehead atoms. The van der Waals surface area contributed by atoms with E-state index in [1.54, 1.807) is 0 Å². The van der Waals surface area contributed by atoms with Crippen molar-refractivity contribution in [3.63, 3.8) is 0 Å². The first-order chi connectivity index (χ1) is 13.0. The van der Waals surface area contributed by atoms with Crippen LogP contribution in [0.2, 0.25) is 0 Å². The zero-order valence-electron chi connectivity index (χ0n) is 16.2. The highest BCUT2D eigenvalue weighted by atomic mass is 31.2. The Labute approximate surface area is 160 Å². The van der Waals surface area contributed by atoms with E-state index in [1.165, 1.54) is 14.2 Å². The van der Waals surface area contributed by atoms with Crippen molar-refractivity contribution in [2.45, 2.75) is 26.2 Å². The predicted octanol–water partition coefficient (Wildman–Crippen LogP) is 3.27. The fourth-order valence-electron chi connectivity index (χ4n) is 2.91. The van der Waals surface area contributed by atoms with Gasteiger partial charge in [0.2, 0.25) is 0 Å². The molecule has 1 saturated heterocycles. The third-order valence-electron chi connectivity index (χ3n) is 4.75. The van der Waals surface area contributed by atoms with Crippen LogP contribution in [0.15, 0.2) is 30.3 Å². The molecule has 0 aromatic heterocycles. The number of Topliss-reactive ketones (excluding diaryl/α,β-unsaturated/α-hetero) is 1. The summed E-state index contributed by atoms with van der Waals surface area (Å²) in [6.07, 6.45) is -0.0726. The van der Waals surface area contributed by atoms with Gasteiger partial charge in [-0.05, 0) is 11.5 Å². The lowest BCUT2D eigenvalue weighted by Crippen LogP contribution is -2.30. The predicted molar refractivity (Wildman–Crippen MR) is 101 cm³/mol. The summed E-state index contributed by atoms with van der Waals surface area (Å²) in [6, 6.07) is 9.83. The standard InChI is InChI=1S/C19H29O7P/c1-15(18(20)14-27(21,22-2)23-3)17(11-19-25-9-10-26-19)13-24-12-16-7-5-4-6-8-16/h4-8,15,17,19H,9-14H2,1-3H3/t15-,17+/m0/s1. The van der Waals surface area contributed by atoms with Crippen molar-refractivity contribution in [1.82, 2.24) is 0 Å². The quantitative estimate of drug-likeness (QED) is 0.498. The summed E-state index contributed by atoms with van der Waals surface area (Å²) in [4.78, 5) is 12.7. The third-order valence-corrected chi connectivity index (χ3v) is 6.56. The highest BCUT2D eigenvalue weighted by Gasteiger charge is 2.34. The SMILES string of the molecule is COP(=O)(CC(=O)[C@@H](C)[C@@H](COCc1ccccc1)CC1OCCO1)OC. The molecule has 1 heterocycles. The van der Waals surface area contributed by atoms with Crippen LogP contribution >= 0.6 is 7.60 Å². The van der Waals surface area contributed by atoms with Gasteiger partial charge in [0.05, 0.1) is 26.4 Å². The lowest BCUT2D eigenvalue weighted by atomic mass is 9.88. The summed E-state index contributed by atoms with van der Waals surface area (Å²) in [5.74, 6) is -0.716. The molecule has 0 N–H and O–H groups in total. The molecule has 0 aliphatic carbocycles. The monoisotopic (exact) mass is 400 g/mol. The molecule has 0 unspecified atom stereocenters. The topological polar surface area (TPSA) is 80.3 Å². The van der Waals surface area contributed by atoms with Crippen molar-refractivity contribution >= 4 is 13.4 Å². The van der Waals surface area contributed by atoms with E-state index in [-0.39, 0.29) is 24.2 Å². The Morgan fingerprint density at radius 3 is 2.41 bits per heavy atom. The van der Waals surface area contributed by atoms with E-state index in [0.717, 1.165) is 5.56 Å². The minimum atomic E-state index is -3.39. The van der Waals surface area contributed by atoms with E-state index >= 15 is 0 Å². The number of rotatable bonds is 12. The normalized spacial score (nSPS) is 17.7. The van der Waals surface area contributed by atoms with Crippen LogP contribution in [0.4, 0.5) is 0 Å². The molecule has 1 aliphatic rings. The molecule has 1 aliphatic heterocycles. The third kappa shape index (κ3) is 7.11. The second-order valence-corrected chi connectivity index (χ2v) is 8.83. The number of benzene rings is 1. The highest BCUT2D eigenvalue weighted by molar-refractivity contribution is 7.54. The second kappa shape index (κ2) is 11.1. The van der Waals surface area contributed by atoms with Crippen molar-refractivity contribution in [3.8, 4) is 0 Å². The molecule has 8 heteroatoms. The molecule has 0 saturated carbocycles. The van der Waals surface area contributed by atoms with Crippen LogP contribution in [-0.4, -0.2) is 52.3 Å². The van der Waals surface area contributed by atoms with E-state index in [1.807, 2.05) is 37.3 Å². The molecule has 152 valence electrons. The Balaban J connectivity index is 1.96. The van der Waals surface area contributed by atoms with Gasteiger partial charge in [-0.2, -0.15) is 0 Å². The van der Waals surface area contributed by atoms with E-state index in [0.29, 0.717) is 32.8 Å².